The van der Waals surface area contributed by atoms with Gasteiger partial charge in [0, 0.05) is 23.9 Å². The highest BCUT2D eigenvalue weighted by Crippen LogP contribution is 2.33. The van der Waals surface area contributed by atoms with Crippen LogP contribution in [0.1, 0.15) is 31.0 Å². The van der Waals surface area contributed by atoms with Crippen LogP contribution in [-0.2, 0) is 0 Å². The van der Waals surface area contributed by atoms with E-state index in [-0.39, 0.29) is 11.8 Å². The molecule has 0 saturated carbocycles. The molecule has 2 rings (SSSR count). The van der Waals surface area contributed by atoms with E-state index in [2.05, 4.69) is 30.9 Å². The van der Waals surface area contributed by atoms with Crippen molar-refractivity contribution in [2.45, 2.75) is 26.8 Å². The molecule has 0 aliphatic rings. The number of hydrogen-bond donors (Lipinski definition) is 1. The van der Waals surface area contributed by atoms with E-state index in [1.807, 2.05) is 19.1 Å². The summed E-state index contributed by atoms with van der Waals surface area (Å²) >= 11 is 0. The first-order chi connectivity index (χ1) is 9.54. The molecule has 2 aromatic carbocycles. The van der Waals surface area contributed by atoms with Crippen LogP contribution in [0.4, 0.5) is 10.1 Å². The summed E-state index contributed by atoms with van der Waals surface area (Å²) in [5, 5.41) is 9.96. The van der Waals surface area contributed by atoms with Gasteiger partial charge in [0.15, 0.2) is 0 Å². The maximum Gasteiger partial charge on any atom is 0.126 e. The van der Waals surface area contributed by atoms with Gasteiger partial charge in [-0.3, -0.25) is 0 Å². The molecule has 1 atom stereocenters. The first-order valence-electron chi connectivity index (χ1n) is 6.85. The van der Waals surface area contributed by atoms with E-state index >= 15 is 0 Å². The standard InChI is InChI=1S/C17H20FNO/c1-4-19(16-8-6-5-7-12(16)2)13(3)15-10-9-14(18)11-17(15)20/h5-11,13,20H,4H2,1-3H3. The van der Waals surface area contributed by atoms with Crippen molar-refractivity contribution in [2.24, 2.45) is 0 Å². The molecule has 0 bridgehead atoms. The fourth-order valence-electron chi connectivity index (χ4n) is 2.58. The van der Waals surface area contributed by atoms with Gasteiger partial charge in [-0.1, -0.05) is 24.3 Å². The van der Waals surface area contributed by atoms with Gasteiger partial charge in [0.2, 0.25) is 0 Å². The maximum absolute atomic E-state index is 13.1. The smallest absolute Gasteiger partial charge is 0.126 e. The number of anilines is 1. The van der Waals surface area contributed by atoms with Crippen LogP contribution in [0, 0.1) is 12.7 Å². The molecule has 0 aliphatic carbocycles. The van der Waals surface area contributed by atoms with Crippen LogP contribution in [0.3, 0.4) is 0 Å². The predicted octanol–water partition coefficient (Wildman–Crippen LogP) is 4.43. The van der Waals surface area contributed by atoms with Crippen molar-refractivity contribution < 1.29 is 9.50 Å². The number of phenolic OH excluding ortho intramolecular Hbond substituents is 1. The fourth-order valence-corrected chi connectivity index (χ4v) is 2.58. The normalized spacial score (nSPS) is 12.2. The van der Waals surface area contributed by atoms with Crippen LogP contribution < -0.4 is 4.90 Å². The summed E-state index contributed by atoms with van der Waals surface area (Å²) in [5.41, 5.74) is 3.05. The Morgan fingerprint density at radius 1 is 1.20 bits per heavy atom. The quantitative estimate of drug-likeness (QED) is 0.891. The Kier molecular flexibility index (Phi) is 4.28. The Bertz CT molecular complexity index is 597. The first kappa shape index (κ1) is 14.4. The monoisotopic (exact) mass is 273 g/mol. The van der Waals surface area contributed by atoms with Gasteiger partial charge in [-0.2, -0.15) is 0 Å². The van der Waals surface area contributed by atoms with Crippen LogP contribution in [-0.4, -0.2) is 11.7 Å². The largest absolute Gasteiger partial charge is 0.507 e. The summed E-state index contributed by atoms with van der Waals surface area (Å²) in [6, 6.07) is 12.3. The zero-order valence-electron chi connectivity index (χ0n) is 12.1. The molecule has 0 saturated heterocycles. The number of nitrogens with zero attached hydrogens (tertiary/aromatic N) is 1. The molecule has 1 N–H and O–H groups in total. The summed E-state index contributed by atoms with van der Waals surface area (Å²) in [5.74, 6) is -0.415. The van der Waals surface area contributed by atoms with Crippen molar-refractivity contribution in [3.63, 3.8) is 0 Å². The number of aryl methyl sites for hydroxylation is 1. The van der Waals surface area contributed by atoms with E-state index in [1.165, 1.54) is 11.6 Å². The fraction of sp³-hybridized carbons (Fsp3) is 0.294. The molecule has 0 aliphatic heterocycles. The molecule has 106 valence electrons. The number of rotatable bonds is 4. The summed E-state index contributed by atoms with van der Waals surface area (Å²) in [4.78, 5) is 2.20. The molecule has 2 aromatic rings. The van der Waals surface area contributed by atoms with E-state index in [0.29, 0.717) is 0 Å². The summed E-state index contributed by atoms with van der Waals surface area (Å²) < 4.78 is 13.1. The minimum absolute atomic E-state index is 0.00420. The van der Waals surface area contributed by atoms with Gasteiger partial charge < -0.3 is 10.0 Å². The number of halogens is 1. The van der Waals surface area contributed by atoms with Crippen molar-refractivity contribution in [2.75, 3.05) is 11.4 Å². The Labute approximate surface area is 119 Å². The van der Waals surface area contributed by atoms with Gasteiger partial charge in [0.25, 0.3) is 0 Å². The van der Waals surface area contributed by atoms with E-state index in [0.717, 1.165) is 23.9 Å². The lowest BCUT2D eigenvalue weighted by Gasteiger charge is -2.32. The van der Waals surface area contributed by atoms with Gasteiger partial charge in [-0.25, -0.2) is 4.39 Å². The zero-order valence-corrected chi connectivity index (χ0v) is 12.1. The second kappa shape index (κ2) is 5.95. The molecule has 0 spiro atoms. The average Bonchev–Trinajstić information content (AvgIpc) is 2.41. The van der Waals surface area contributed by atoms with E-state index in [1.54, 1.807) is 6.07 Å². The maximum atomic E-state index is 13.1. The van der Waals surface area contributed by atoms with Gasteiger partial charge in [0.1, 0.15) is 11.6 Å². The third-order valence-corrected chi connectivity index (χ3v) is 3.68. The lowest BCUT2D eigenvalue weighted by molar-refractivity contribution is 0.455. The molecule has 0 aromatic heterocycles. The Balaban J connectivity index is 2.39. The van der Waals surface area contributed by atoms with Crippen molar-refractivity contribution >= 4 is 5.69 Å². The average molecular weight is 273 g/mol. The number of aromatic hydroxyl groups is 1. The Morgan fingerprint density at radius 2 is 1.90 bits per heavy atom. The predicted molar refractivity (Wildman–Crippen MR) is 80.7 cm³/mol. The number of benzene rings is 2. The highest BCUT2D eigenvalue weighted by Gasteiger charge is 2.19. The molecular weight excluding hydrogens is 253 g/mol. The van der Waals surface area contributed by atoms with Crippen LogP contribution >= 0.6 is 0 Å². The SMILES string of the molecule is CCN(c1ccccc1C)C(C)c1ccc(F)cc1O. The Morgan fingerprint density at radius 3 is 2.50 bits per heavy atom. The van der Waals surface area contributed by atoms with E-state index < -0.39 is 5.82 Å². The van der Waals surface area contributed by atoms with Gasteiger partial charge >= 0.3 is 0 Å². The molecule has 1 unspecified atom stereocenters. The van der Waals surface area contributed by atoms with Crippen LogP contribution in [0.15, 0.2) is 42.5 Å². The van der Waals surface area contributed by atoms with Gasteiger partial charge in [-0.15, -0.1) is 0 Å². The Hall–Kier alpha value is -2.03. The molecule has 0 heterocycles. The summed E-state index contributed by atoms with van der Waals surface area (Å²) in [6.45, 7) is 6.96. The molecule has 0 fully saturated rings. The van der Waals surface area contributed by atoms with Crippen molar-refractivity contribution in [1.82, 2.24) is 0 Å². The molecule has 3 heteroatoms. The second-order valence-corrected chi connectivity index (χ2v) is 4.95. The lowest BCUT2D eigenvalue weighted by Crippen LogP contribution is -2.27. The molecule has 2 nitrogen and oxygen atoms in total. The van der Waals surface area contributed by atoms with Crippen molar-refractivity contribution in [3.8, 4) is 5.75 Å². The number of phenols is 1. The van der Waals surface area contributed by atoms with E-state index in [9.17, 15) is 9.50 Å². The minimum Gasteiger partial charge on any atom is -0.507 e. The molecule has 0 radical (unpaired) electrons. The third-order valence-electron chi connectivity index (χ3n) is 3.68. The van der Waals surface area contributed by atoms with Crippen LogP contribution in [0.5, 0.6) is 5.75 Å². The summed E-state index contributed by atoms with van der Waals surface area (Å²) in [7, 11) is 0. The lowest BCUT2D eigenvalue weighted by atomic mass is 10.0. The van der Waals surface area contributed by atoms with Gasteiger partial charge in [-0.05, 0) is 38.5 Å². The summed E-state index contributed by atoms with van der Waals surface area (Å²) in [6.07, 6.45) is 0. The van der Waals surface area contributed by atoms with Crippen LogP contribution in [0.25, 0.3) is 0 Å². The topological polar surface area (TPSA) is 23.5 Å². The van der Waals surface area contributed by atoms with Gasteiger partial charge in [0.05, 0.1) is 6.04 Å². The first-order valence-corrected chi connectivity index (χ1v) is 6.85. The number of para-hydroxylation sites is 1. The molecule has 20 heavy (non-hydrogen) atoms. The number of hydrogen-bond acceptors (Lipinski definition) is 2. The third kappa shape index (κ3) is 2.77. The highest BCUT2D eigenvalue weighted by molar-refractivity contribution is 5.55. The van der Waals surface area contributed by atoms with Crippen molar-refractivity contribution in [1.29, 1.82) is 0 Å². The molecular formula is C17H20FNO. The highest BCUT2D eigenvalue weighted by atomic mass is 19.1. The van der Waals surface area contributed by atoms with E-state index in [4.69, 9.17) is 0 Å². The van der Waals surface area contributed by atoms with Crippen molar-refractivity contribution in [3.05, 3.63) is 59.4 Å². The zero-order chi connectivity index (χ0) is 14.7. The minimum atomic E-state index is -0.419. The second-order valence-electron chi connectivity index (χ2n) is 4.95. The molecule has 0 amide bonds. The van der Waals surface area contributed by atoms with Crippen LogP contribution in [0.2, 0.25) is 0 Å².